The quantitative estimate of drug-likeness (QED) is 0.397. The van der Waals surface area contributed by atoms with Gasteiger partial charge in [0.15, 0.2) is 0 Å². The summed E-state index contributed by atoms with van der Waals surface area (Å²) in [5.74, 6) is -1.26. The molecular formula is C7H10N4O3. The average Bonchev–Trinajstić information content (AvgIpc) is 2.43. The minimum Gasteiger partial charge on any atom is -0.480 e. The average molecular weight is 198 g/mol. The zero-order chi connectivity index (χ0) is 10.6. The molecule has 0 aromatic heterocycles. The van der Waals surface area contributed by atoms with Gasteiger partial charge >= 0.3 is 5.97 Å². The summed E-state index contributed by atoms with van der Waals surface area (Å²) in [7, 11) is 0. The van der Waals surface area contributed by atoms with Crippen molar-refractivity contribution in [1.29, 1.82) is 0 Å². The van der Waals surface area contributed by atoms with Crippen molar-refractivity contribution in [1.82, 2.24) is 4.90 Å². The van der Waals surface area contributed by atoms with Crippen molar-refractivity contribution < 1.29 is 14.7 Å². The smallest absolute Gasteiger partial charge is 0.323 e. The van der Waals surface area contributed by atoms with E-state index in [2.05, 4.69) is 10.0 Å². The van der Waals surface area contributed by atoms with Crippen LogP contribution in [0.1, 0.15) is 6.42 Å². The van der Waals surface area contributed by atoms with E-state index in [0.29, 0.717) is 6.54 Å². The van der Waals surface area contributed by atoms with Crippen LogP contribution in [0.4, 0.5) is 0 Å². The van der Waals surface area contributed by atoms with E-state index < -0.39 is 5.97 Å². The van der Waals surface area contributed by atoms with E-state index in [1.54, 1.807) is 0 Å². The van der Waals surface area contributed by atoms with Crippen LogP contribution < -0.4 is 0 Å². The highest BCUT2D eigenvalue weighted by molar-refractivity contribution is 5.83. The van der Waals surface area contributed by atoms with Crippen LogP contribution in [0, 0.1) is 5.92 Å². The van der Waals surface area contributed by atoms with E-state index in [1.807, 2.05) is 0 Å². The van der Waals surface area contributed by atoms with Gasteiger partial charge in [-0.2, -0.15) is 0 Å². The summed E-state index contributed by atoms with van der Waals surface area (Å²) >= 11 is 0. The lowest BCUT2D eigenvalue weighted by atomic mass is 10.1. The Balaban J connectivity index is 2.46. The Kier molecular flexibility index (Phi) is 3.30. The number of azide groups is 1. The number of carboxylic acids is 1. The normalized spacial score (nSPS) is 20.7. The van der Waals surface area contributed by atoms with Crippen molar-refractivity contribution in [2.75, 3.05) is 19.6 Å². The monoisotopic (exact) mass is 198 g/mol. The van der Waals surface area contributed by atoms with Crippen LogP contribution in [0.25, 0.3) is 10.4 Å². The van der Waals surface area contributed by atoms with E-state index in [0.717, 1.165) is 0 Å². The molecule has 1 atom stereocenters. The maximum absolute atomic E-state index is 11.2. The second-order valence-corrected chi connectivity index (χ2v) is 3.15. The van der Waals surface area contributed by atoms with Crippen LogP contribution in [-0.2, 0) is 9.59 Å². The van der Waals surface area contributed by atoms with Gasteiger partial charge in [0.2, 0.25) is 5.91 Å². The number of carboxylic acid groups (broad SMARTS) is 1. The summed E-state index contributed by atoms with van der Waals surface area (Å²) in [6.45, 7) is 0.341. The molecule has 0 aromatic rings. The van der Waals surface area contributed by atoms with Crippen LogP contribution in [-0.4, -0.2) is 41.5 Å². The summed E-state index contributed by atoms with van der Waals surface area (Å²) in [6, 6.07) is 0. The first-order valence-electron chi connectivity index (χ1n) is 4.14. The molecule has 1 aliphatic heterocycles. The number of carbonyl (C=O) groups excluding carboxylic acids is 1. The zero-order valence-electron chi connectivity index (χ0n) is 7.46. The summed E-state index contributed by atoms with van der Waals surface area (Å²) in [6.07, 6.45) is 0.270. The Hall–Kier alpha value is -1.75. The fourth-order valence-corrected chi connectivity index (χ4v) is 1.44. The molecule has 1 N–H and O–H groups in total. The minimum atomic E-state index is -1.03. The lowest BCUT2D eigenvalue weighted by Crippen LogP contribution is -2.31. The number of hydrogen-bond acceptors (Lipinski definition) is 3. The topological polar surface area (TPSA) is 106 Å². The van der Waals surface area contributed by atoms with Gasteiger partial charge in [-0.25, -0.2) is 0 Å². The molecule has 1 unspecified atom stereocenters. The predicted octanol–water partition coefficient (Wildman–Crippen LogP) is 0.230. The molecule has 1 rings (SSSR count). The predicted molar refractivity (Wildman–Crippen MR) is 46.3 cm³/mol. The molecular weight excluding hydrogens is 188 g/mol. The van der Waals surface area contributed by atoms with Crippen molar-refractivity contribution >= 4 is 11.9 Å². The molecule has 0 aliphatic carbocycles. The van der Waals surface area contributed by atoms with E-state index in [4.69, 9.17) is 10.6 Å². The van der Waals surface area contributed by atoms with Gasteiger partial charge in [0.1, 0.15) is 6.54 Å². The molecule has 1 amide bonds. The Labute approximate surface area is 79.9 Å². The number of hydrogen-bond donors (Lipinski definition) is 1. The molecule has 1 aliphatic rings. The van der Waals surface area contributed by atoms with Gasteiger partial charge in [-0.1, -0.05) is 5.11 Å². The number of nitrogens with zero attached hydrogens (tertiary/aromatic N) is 4. The molecule has 0 radical (unpaired) electrons. The maximum Gasteiger partial charge on any atom is 0.323 e. The summed E-state index contributed by atoms with van der Waals surface area (Å²) < 4.78 is 0. The highest BCUT2D eigenvalue weighted by atomic mass is 16.4. The number of amides is 1. The van der Waals surface area contributed by atoms with Gasteiger partial charge in [0, 0.05) is 24.4 Å². The first-order valence-corrected chi connectivity index (χ1v) is 4.14. The Morgan fingerprint density at radius 3 is 3.07 bits per heavy atom. The fourth-order valence-electron chi connectivity index (χ4n) is 1.44. The second-order valence-electron chi connectivity index (χ2n) is 3.15. The first kappa shape index (κ1) is 10.3. The van der Waals surface area contributed by atoms with E-state index >= 15 is 0 Å². The fraction of sp³-hybridized carbons (Fsp3) is 0.714. The molecule has 0 aromatic carbocycles. The molecule has 1 heterocycles. The van der Waals surface area contributed by atoms with Gasteiger partial charge in [0.25, 0.3) is 0 Å². The van der Waals surface area contributed by atoms with Crippen molar-refractivity contribution in [2.45, 2.75) is 6.42 Å². The molecule has 0 spiro atoms. The molecule has 7 heteroatoms. The molecule has 0 bridgehead atoms. The SMILES string of the molecule is [N-]=[N+]=NCC1CC(=O)N(CC(=O)O)C1. The third kappa shape index (κ3) is 2.63. The van der Waals surface area contributed by atoms with Crippen LogP contribution in [0.15, 0.2) is 5.11 Å². The molecule has 1 fully saturated rings. The second kappa shape index (κ2) is 4.48. The van der Waals surface area contributed by atoms with E-state index in [1.165, 1.54) is 4.90 Å². The largest absolute Gasteiger partial charge is 0.480 e. The Morgan fingerprint density at radius 1 is 1.79 bits per heavy atom. The van der Waals surface area contributed by atoms with Crippen molar-refractivity contribution in [3.05, 3.63) is 10.4 Å². The third-order valence-corrected chi connectivity index (χ3v) is 2.02. The molecule has 7 nitrogen and oxygen atoms in total. The van der Waals surface area contributed by atoms with Crippen LogP contribution in [0.3, 0.4) is 0 Å². The van der Waals surface area contributed by atoms with Crippen molar-refractivity contribution in [3.8, 4) is 0 Å². The maximum atomic E-state index is 11.2. The van der Waals surface area contributed by atoms with Crippen molar-refractivity contribution in [3.63, 3.8) is 0 Å². The summed E-state index contributed by atoms with van der Waals surface area (Å²) in [5, 5.41) is 11.8. The third-order valence-electron chi connectivity index (χ3n) is 2.02. The standard InChI is InChI=1S/C7H10N4O3/c8-10-9-2-5-1-6(12)11(3-5)4-7(13)14/h5H,1-4H2,(H,13,14). The van der Waals surface area contributed by atoms with Crippen LogP contribution in [0.2, 0.25) is 0 Å². The molecule has 1 saturated heterocycles. The summed E-state index contributed by atoms with van der Waals surface area (Å²) in [4.78, 5) is 25.4. The minimum absolute atomic E-state index is 0.0438. The highest BCUT2D eigenvalue weighted by Crippen LogP contribution is 2.17. The highest BCUT2D eigenvalue weighted by Gasteiger charge is 2.29. The first-order chi connectivity index (χ1) is 6.63. The zero-order valence-corrected chi connectivity index (χ0v) is 7.46. The van der Waals surface area contributed by atoms with Gasteiger partial charge in [-0.3, -0.25) is 9.59 Å². The Bertz CT molecular complexity index is 297. The Morgan fingerprint density at radius 2 is 2.50 bits per heavy atom. The van der Waals surface area contributed by atoms with Gasteiger partial charge < -0.3 is 10.0 Å². The molecule has 76 valence electrons. The number of carbonyl (C=O) groups is 2. The lowest BCUT2D eigenvalue weighted by Gasteiger charge is -2.12. The number of likely N-dealkylation sites (tertiary alicyclic amines) is 1. The van der Waals surface area contributed by atoms with Crippen LogP contribution >= 0.6 is 0 Å². The van der Waals surface area contributed by atoms with E-state index in [-0.39, 0.29) is 31.3 Å². The van der Waals surface area contributed by atoms with Gasteiger partial charge in [-0.15, -0.1) is 0 Å². The number of rotatable bonds is 4. The van der Waals surface area contributed by atoms with E-state index in [9.17, 15) is 9.59 Å². The van der Waals surface area contributed by atoms with Crippen LogP contribution in [0.5, 0.6) is 0 Å². The molecule has 0 saturated carbocycles. The van der Waals surface area contributed by atoms with Gasteiger partial charge in [0.05, 0.1) is 0 Å². The summed E-state index contributed by atoms with van der Waals surface area (Å²) in [5.41, 5.74) is 8.07. The van der Waals surface area contributed by atoms with Gasteiger partial charge in [-0.05, 0) is 11.4 Å². The van der Waals surface area contributed by atoms with Crippen molar-refractivity contribution in [2.24, 2.45) is 11.0 Å². The molecule has 14 heavy (non-hydrogen) atoms. The lowest BCUT2D eigenvalue weighted by molar-refractivity contribution is -0.142. The number of aliphatic carboxylic acids is 1.